The zero-order chi connectivity index (χ0) is 19.3. The van der Waals surface area contributed by atoms with Gasteiger partial charge in [-0.25, -0.2) is 8.42 Å². The summed E-state index contributed by atoms with van der Waals surface area (Å²) in [5.74, 6) is 1.65. The second-order valence-corrected chi connectivity index (χ2v) is 9.59. The summed E-state index contributed by atoms with van der Waals surface area (Å²) in [5.41, 5.74) is 3.47. The Morgan fingerprint density at radius 1 is 1.19 bits per heavy atom. The predicted octanol–water partition coefficient (Wildman–Crippen LogP) is 3.06. The summed E-state index contributed by atoms with van der Waals surface area (Å²) >= 11 is 1.78. The fraction of sp³-hybridized carbons (Fsp3) is 0.350. The Balaban J connectivity index is 1.53. The van der Waals surface area contributed by atoms with Crippen LogP contribution in [0.25, 0.3) is 0 Å². The molecule has 0 atom stereocenters. The van der Waals surface area contributed by atoms with Gasteiger partial charge in [-0.2, -0.15) is 11.8 Å². The smallest absolute Gasteiger partial charge is 0.251 e. The van der Waals surface area contributed by atoms with Gasteiger partial charge in [-0.15, -0.1) is 0 Å². The lowest BCUT2D eigenvalue weighted by atomic mass is 10.0. The topological polar surface area (TPSA) is 66.5 Å². The van der Waals surface area contributed by atoms with Crippen LogP contribution in [0, 0.1) is 0 Å². The molecule has 0 saturated heterocycles. The molecule has 0 bridgehead atoms. The molecule has 7 heteroatoms. The Hall–Kier alpha value is -1.99. The van der Waals surface area contributed by atoms with Crippen molar-refractivity contribution in [3.63, 3.8) is 0 Å². The van der Waals surface area contributed by atoms with Crippen LogP contribution in [0.1, 0.15) is 27.9 Å². The number of carbonyl (C=O) groups is 1. The summed E-state index contributed by atoms with van der Waals surface area (Å²) in [5, 5.41) is 2.94. The largest absolute Gasteiger partial charge is 0.351 e. The fourth-order valence-electron chi connectivity index (χ4n) is 3.15. The molecule has 0 fully saturated rings. The monoisotopic (exact) mass is 404 g/mol. The number of anilines is 1. The molecule has 1 aliphatic rings. The zero-order valence-corrected chi connectivity index (χ0v) is 17.0. The van der Waals surface area contributed by atoms with Crippen LogP contribution in [-0.4, -0.2) is 39.4 Å². The van der Waals surface area contributed by atoms with E-state index < -0.39 is 10.0 Å². The predicted molar refractivity (Wildman–Crippen MR) is 112 cm³/mol. The molecule has 1 amide bonds. The van der Waals surface area contributed by atoms with Crippen molar-refractivity contribution in [1.82, 2.24) is 5.32 Å². The van der Waals surface area contributed by atoms with Crippen LogP contribution in [0.4, 0.5) is 5.69 Å². The fourth-order valence-corrected chi connectivity index (χ4v) is 4.97. The van der Waals surface area contributed by atoms with Gasteiger partial charge in [0.15, 0.2) is 0 Å². The minimum atomic E-state index is -3.29. The molecule has 0 saturated carbocycles. The molecule has 1 N–H and O–H groups in total. The number of benzene rings is 2. The Kier molecular flexibility index (Phi) is 6.44. The van der Waals surface area contributed by atoms with E-state index in [1.165, 1.54) is 16.1 Å². The number of nitrogens with one attached hydrogen (secondary N) is 1. The lowest BCUT2D eigenvalue weighted by Crippen LogP contribution is -2.34. The van der Waals surface area contributed by atoms with Gasteiger partial charge in [0.1, 0.15) is 0 Å². The average Bonchev–Trinajstić information content (AvgIpc) is 2.66. The number of hydrogen-bond donors (Lipinski definition) is 1. The van der Waals surface area contributed by atoms with Crippen molar-refractivity contribution < 1.29 is 13.2 Å². The second-order valence-electron chi connectivity index (χ2n) is 6.58. The number of sulfonamides is 1. The number of carbonyl (C=O) groups excluding carboxylic acids is 1. The highest BCUT2D eigenvalue weighted by Crippen LogP contribution is 2.29. The zero-order valence-electron chi connectivity index (χ0n) is 15.3. The summed E-state index contributed by atoms with van der Waals surface area (Å²) in [7, 11) is -3.29. The molecule has 3 rings (SSSR count). The van der Waals surface area contributed by atoms with Crippen molar-refractivity contribution in [3.05, 3.63) is 65.2 Å². The Labute approximate surface area is 165 Å². The highest BCUT2D eigenvalue weighted by Gasteiger charge is 2.24. The molecule has 0 radical (unpaired) electrons. The lowest BCUT2D eigenvalue weighted by Gasteiger charge is -2.29. The number of rotatable bonds is 7. The molecule has 0 spiro atoms. The van der Waals surface area contributed by atoms with Gasteiger partial charge in [0.2, 0.25) is 10.0 Å². The van der Waals surface area contributed by atoms with Crippen LogP contribution in [0.3, 0.4) is 0 Å². The molecular weight excluding hydrogens is 380 g/mol. The van der Waals surface area contributed by atoms with Gasteiger partial charge in [-0.05, 0) is 42.2 Å². The van der Waals surface area contributed by atoms with E-state index in [-0.39, 0.29) is 5.91 Å². The quantitative estimate of drug-likeness (QED) is 0.721. The number of nitrogens with zero attached hydrogens (tertiary/aromatic N) is 1. The van der Waals surface area contributed by atoms with Gasteiger partial charge in [0.05, 0.1) is 11.9 Å². The third kappa shape index (κ3) is 5.26. The molecule has 27 heavy (non-hydrogen) atoms. The first-order valence-electron chi connectivity index (χ1n) is 8.95. The Morgan fingerprint density at radius 3 is 2.70 bits per heavy atom. The third-order valence-corrected chi connectivity index (χ3v) is 6.67. The molecule has 0 aliphatic carbocycles. The summed E-state index contributed by atoms with van der Waals surface area (Å²) in [6.45, 7) is 1.10. The number of fused-ring (bicyclic) bond motifs is 1. The van der Waals surface area contributed by atoms with Crippen LogP contribution in [-0.2, 0) is 22.2 Å². The molecular formula is C20H24N2O3S2. The molecule has 2 aromatic carbocycles. The first kappa shape index (κ1) is 19.8. The van der Waals surface area contributed by atoms with Gasteiger partial charge in [-0.1, -0.05) is 30.3 Å². The summed E-state index contributed by atoms with van der Waals surface area (Å²) in [4.78, 5) is 12.4. The van der Waals surface area contributed by atoms with Crippen LogP contribution in [0.2, 0.25) is 0 Å². The molecule has 2 aromatic rings. The van der Waals surface area contributed by atoms with E-state index in [1.54, 1.807) is 23.9 Å². The normalized spacial score (nSPS) is 13.9. The number of aryl methyl sites for hydroxylation is 1. The highest BCUT2D eigenvalue weighted by molar-refractivity contribution is 7.98. The first-order valence-corrected chi connectivity index (χ1v) is 12.0. The standard InChI is InChI=1S/C20H24N2O3S2/c1-27(24,25)22-12-5-8-17-14-18(9-10-19(17)22)20(23)21-11-13-26-15-16-6-3-2-4-7-16/h2-4,6-7,9-10,14H,5,8,11-13,15H2,1H3,(H,21,23). The van der Waals surface area contributed by atoms with Crippen molar-refractivity contribution in [2.45, 2.75) is 18.6 Å². The van der Waals surface area contributed by atoms with Gasteiger partial charge >= 0.3 is 0 Å². The molecule has 144 valence electrons. The van der Waals surface area contributed by atoms with Crippen molar-refractivity contribution in [2.75, 3.05) is 29.4 Å². The molecule has 1 aliphatic heterocycles. The first-order chi connectivity index (χ1) is 12.9. The van der Waals surface area contributed by atoms with E-state index in [0.717, 1.165) is 29.9 Å². The van der Waals surface area contributed by atoms with Crippen LogP contribution >= 0.6 is 11.8 Å². The maximum atomic E-state index is 12.4. The summed E-state index contributed by atoms with van der Waals surface area (Å²) in [6, 6.07) is 15.5. The van der Waals surface area contributed by atoms with E-state index >= 15 is 0 Å². The van der Waals surface area contributed by atoms with E-state index in [0.29, 0.717) is 24.3 Å². The molecule has 1 heterocycles. The van der Waals surface area contributed by atoms with Crippen LogP contribution in [0.15, 0.2) is 48.5 Å². The maximum Gasteiger partial charge on any atom is 0.251 e. The summed E-state index contributed by atoms with van der Waals surface area (Å²) in [6.07, 6.45) is 2.77. The van der Waals surface area contributed by atoms with Gasteiger partial charge in [0, 0.05) is 30.2 Å². The van der Waals surface area contributed by atoms with E-state index in [2.05, 4.69) is 17.4 Å². The van der Waals surface area contributed by atoms with E-state index in [4.69, 9.17) is 0 Å². The average molecular weight is 405 g/mol. The summed E-state index contributed by atoms with van der Waals surface area (Å²) < 4.78 is 25.3. The van der Waals surface area contributed by atoms with Gasteiger partial charge < -0.3 is 5.32 Å². The van der Waals surface area contributed by atoms with Crippen molar-refractivity contribution in [1.29, 1.82) is 0 Å². The molecule has 0 unspecified atom stereocenters. The van der Waals surface area contributed by atoms with Crippen molar-refractivity contribution in [2.24, 2.45) is 0 Å². The minimum absolute atomic E-state index is 0.116. The number of thioether (sulfide) groups is 1. The lowest BCUT2D eigenvalue weighted by molar-refractivity contribution is 0.0956. The second kappa shape index (κ2) is 8.80. The van der Waals surface area contributed by atoms with Gasteiger partial charge in [0.25, 0.3) is 5.91 Å². The SMILES string of the molecule is CS(=O)(=O)N1CCCc2cc(C(=O)NCCSCc3ccccc3)ccc21. The van der Waals surface area contributed by atoms with Gasteiger partial charge in [-0.3, -0.25) is 9.10 Å². The van der Waals surface area contributed by atoms with Crippen molar-refractivity contribution >= 4 is 33.4 Å². The molecule has 0 aromatic heterocycles. The van der Waals surface area contributed by atoms with Crippen LogP contribution in [0.5, 0.6) is 0 Å². The van der Waals surface area contributed by atoms with E-state index in [1.807, 2.05) is 24.3 Å². The Bertz CT molecular complexity index is 899. The molecule has 5 nitrogen and oxygen atoms in total. The number of hydrogen-bond acceptors (Lipinski definition) is 4. The van der Waals surface area contributed by atoms with Crippen molar-refractivity contribution in [3.8, 4) is 0 Å². The van der Waals surface area contributed by atoms with Crippen LogP contribution < -0.4 is 9.62 Å². The Morgan fingerprint density at radius 2 is 1.96 bits per heavy atom. The maximum absolute atomic E-state index is 12.4. The van der Waals surface area contributed by atoms with E-state index in [9.17, 15) is 13.2 Å². The minimum Gasteiger partial charge on any atom is -0.351 e. The third-order valence-electron chi connectivity index (χ3n) is 4.46. The number of amides is 1. The highest BCUT2D eigenvalue weighted by atomic mass is 32.2.